The van der Waals surface area contributed by atoms with Crippen molar-refractivity contribution in [3.8, 4) is 0 Å². The molecule has 0 aliphatic heterocycles. The smallest absolute Gasteiger partial charge is 0.406 e. The van der Waals surface area contributed by atoms with Crippen molar-refractivity contribution in [3.63, 3.8) is 0 Å². The van der Waals surface area contributed by atoms with Crippen LogP contribution in [-0.4, -0.2) is 68.9 Å². The molecule has 1 unspecified atom stereocenters. The molecule has 0 radical (unpaired) electrons. The molecule has 0 aliphatic carbocycles. The first kappa shape index (κ1) is 44.2. The zero-order chi connectivity index (χ0) is 33.9. The van der Waals surface area contributed by atoms with Crippen molar-refractivity contribution in [2.75, 3.05) is 39.9 Å². The number of unbranched alkanes of at least 4 members (excludes halogenated alkanes) is 15. The predicted molar refractivity (Wildman–Crippen MR) is 190 cm³/mol. The first-order valence-corrected chi connectivity index (χ1v) is 19.4. The fourth-order valence-electron chi connectivity index (χ4n) is 5.70. The van der Waals surface area contributed by atoms with Crippen LogP contribution in [0.15, 0.2) is 0 Å². The molecule has 0 saturated heterocycles. The van der Waals surface area contributed by atoms with Gasteiger partial charge in [-0.05, 0) is 77.4 Å². The summed E-state index contributed by atoms with van der Waals surface area (Å²) in [6, 6.07) is 0. The molecular weight excluding hydrogens is 580 g/mol. The molecule has 0 rings (SSSR count). The van der Waals surface area contributed by atoms with Gasteiger partial charge in [-0.15, -0.1) is 0 Å². The third-order valence-corrected chi connectivity index (χ3v) is 8.63. The van der Waals surface area contributed by atoms with Gasteiger partial charge in [-0.2, -0.15) is 0 Å². The molecule has 0 saturated carbocycles. The summed E-state index contributed by atoms with van der Waals surface area (Å²) in [5, 5.41) is 2.78. The number of methoxy groups -OCH3 is 1. The molecule has 0 aromatic heterocycles. The van der Waals surface area contributed by atoms with Gasteiger partial charge in [0.05, 0.1) is 13.7 Å². The lowest BCUT2D eigenvalue weighted by molar-refractivity contribution is -0.150. The molecule has 0 aromatic rings. The predicted octanol–water partition coefficient (Wildman–Crippen LogP) is 9.91. The van der Waals surface area contributed by atoms with E-state index in [2.05, 4.69) is 35.7 Å². The molecule has 8 heteroatoms. The van der Waals surface area contributed by atoms with Crippen LogP contribution in [0.2, 0.25) is 0 Å². The number of alkyl carbamates (subject to hydrolysis) is 1. The summed E-state index contributed by atoms with van der Waals surface area (Å²) in [6.07, 6.45) is 26.2. The van der Waals surface area contributed by atoms with E-state index in [1.807, 2.05) is 0 Å². The van der Waals surface area contributed by atoms with E-state index in [1.54, 1.807) is 0 Å². The number of nitrogens with one attached hydrogen (secondary N) is 1. The maximum atomic E-state index is 12.4. The maximum absolute atomic E-state index is 12.4. The van der Waals surface area contributed by atoms with E-state index < -0.39 is 0 Å². The summed E-state index contributed by atoms with van der Waals surface area (Å²) in [4.78, 5) is 38.3. The molecule has 1 atom stereocenters. The van der Waals surface area contributed by atoms with Crippen LogP contribution in [0.25, 0.3) is 0 Å². The van der Waals surface area contributed by atoms with Gasteiger partial charge in [0, 0.05) is 19.4 Å². The zero-order valence-electron chi connectivity index (χ0n) is 30.7. The summed E-state index contributed by atoms with van der Waals surface area (Å²) in [5.74, 6) is -0.0616. The summed E-state index contributed by atoms with van der Waals surface area (Å²) < 4.78 is 15.9. The lowest BCUT2D eigenvalue weighted by Gasteiger charge is -2.22. The van der Waals surface area contributed by atoms with Gasteiger partial charge in [-0.1, -0.05) is 111 Å². The van der Waals surface area contributed by atoms with Crippen molar-refractivity contribution in [2.24, 2.45) is 0 Å². The van der Waals surface area contributed by atoms with Crippen LogP contribution in [-0.2, 0) is 23.8 Å². The zero-order valence-corrected chi connectivity index (χ0v) is 30.7. The van der Waals surface area contributed by atoms with Gasteiger partial charge in [-0.3, -0.25) is 9.59 Å². The van der Waals surface area contributed by atoms with Crippen molar-refractivity contribution in [1.29, 1.82) is 0 Å². The van der Waals surface area contributed by atoms with Crippen LogP contribution in [0.4, 0.5) is 4.79 Å². The number of hydrogen-bond acceptors (Lipinski definition) is 7. The van der Waals surface area contributed by atoms with Crippen LogP contribution in [0.1, 0.15) is 181 Å². The number of carbonyl (C=O) groups is 3. The molecule has 1 amide bonds. The van der Waals surface area contributed by atoms with Crippen LogP contribution in [0.3, 0.4) is 0 Å². The monoisotopic (exact) mass is 655 g/mol. The van der Waals surface area contributed by atoms with E-state index in [4.69, 9.17) is 9.47 Å². The second-order valence-corrected chi connectivity index (χ2v) is 13.0. The molecule has 0 fully saturated rings. The number of nitrogens with zero attached hydrogens (tertiary/aromatic N) is 1. The summed E-state index contributed by atoms with van der Waals surface area (Å²) in [6.45, 7) is 10.9. The number of esters is 2. The topological polar surface area (TPSA) is 94.2 Å². The normalized spacial score (nSPS) is 11.8. The molecule has 46 heavy (non-hydrogen) atoms. The second kappa shape index (κ2) is 34.5. The Balaban J connectivity index is 4.15. The Morgan fingerprint density at radius 1 is 0.565 bits per heavy atom. The maximum Gasteiger partial charge on any atom is 0.406 e. The molecule has 0 aliphatic rings. The van der Waals surface area contributed by atoms with Gasteiger partial charge in [0.1, 0.15) is 6.10 Å². The van der Waals surface area contributed by atoms with Crippen molar-refractivity contribution in [3.05, 3.63) is 0 Å². The molecular formula is C38H74N2O6. The van der Waals surface area contributed by atoms with E-state index in [-0.39, 0.29) is 24.1 Å². The summed E-state index contributed by atoms with van der Waals surface area (Å²) >= 11 is 0. The van der Waals surface area contributed by atoms with Crippen molar-refractivity contribution in [2.45, 2.75) is 187 Å². The van der Waals surface area contributed by atoms with Crippen molar-refractivity contribution >= 4 is 18.0 Å². The van der Waals surface area contributed by atoms with Crippen LogP contribution >= 0.6 is 0 Å². The number of ether oxygens (including phenoxy) is 3. The molecule has 0 aromatic carbocycles. The molecule has 272 valence electrons. The van der Waals surface area contributed by atoms with E-state index in [9.17, 15) is 14.4 Å². The van der Waals surface area contributed by atoms with Crippen molar-refractivity contribution in [1.82, 2.24) is 10.2 Å². The molecule has 8 nitrogen and oxygen atoms in total. The van der Waals surface area contributed by atoms with E-state index in [1.165, 1.54) is 39.2 Å². The minimum Gasteiger partial charge on any atom is -0.466 e. The van der Waals surface area contributed by atoms with Crippen LogP contribution in [0, 0.1) is 0 Å². The van der Waals surface area contributed by atoms with Gasteiger partial charge in [0.2, 0.25) is 0 Å². The first-order valence-electron chi connectivity index (χ1n) is 19.4. The molecule has 0 spiro atoms. The lowest BCUT2D eigenvalue weighted by atomic mass is 10.1. The fraction of sp³-hybridized carbons (Fsp3) is 0.921. The highest BCUT2D eigenvalue weighted by atomic mass is 16.5. The first-order chi connectivity index (χ1) is 22.5. The second-order valence-electron chi connectivity index (χ2n) is 13.0. The molecule has 1 N–H and O–H groups in total. The van der Waals surface area contributed by atoms with Gasteiger partial charge in [-0.25, -0.2) is 4.79 Å². The van der Waals surface area contributed by atoms with Crippen LogP contribution < -0.4 is 5.32 Å². The Hall–Kier alpha value is -1.83. The Morgan fingerprint density at radius 2 is 1.07 bits per heavy atom. The average Bonchev–Trinajstić information content (AvgIpc) is 3.05. The Bertz CT molecular complexity index is 705. The van der Waals surface area contributed by atoms with E-state index >= 15 is 0 Å². The lowest BCUT2D eigenvalue weighted by Crippen LogP contribution is -2.31. The number of carbonyl (C=O) groups excluding carboxylic acids is 3. The Morgan fingerprint density at radius 3 is 1.70 bits per heavy atom. The Labute approximate surface area is 283 Å². The molecule has 0 heterocycles. The average molecular weight is 655 g/mol. The Kier molecular flexibility index (Phi) is 33.1. The summed E-state index contributed by atoms with van der Waals surface area (Å²) in [7, 11) is 1.39. The number of hydrogen-bond donors (Lipinski definition) is 1. The third-order valence-electron chi connectivity index (χ3n) is 8.63. The summed E-state index contributed by atoms with van der Waals surface area (Å²) in [5.41, 5.74) is 0. The highest BCUT2D eigenvalue weighted by molar-refractivity contribution is 5.69. The minimum atomic E-state index is -0.376. The van der Waals surface area contributed by atoms with E-state index in [0.29, 0.717) is 26.0 Å². The van der Waals surface area contributed by atoms with Gasteiger partial charge in [0.25, 0.3) is 0 Å². The standard InChI is InChI=1S/C38H74N2O6/c1-5-8-11-18-24-34-45-36(41)28-20-14-12-16-22-31-40(33-25-30-39-38(43)44-4)32-23-17-13-15-21-29-37(42)46-35(26-10-7-3)27-19-9-6-2/h35H,5-34H2,1-4H3,(H,39,43). The highest BCUT2D eigenvalue weighted by Crippen LogP contribution is 2.16. The van der Waals surface area contributed by atoms with Gasteiger partial charge < -0.3 is 24.4 Å². The fourth-order valence-corrected chi connectivity index (χ4v) is 5.70. The number of amides is 1. The quantitative estimate of drug-likeness (QED) is 0.0419. The largest absolute Gasteiger partial charge is 0.466 e. The molecule has 0 bridgehead atoms. The third kappa shape index (κ3) is 30.8. The van der Waals surface area contributed by atoms with E-state index in [0.717, 1.165) is 135 Å². The highest BCUT2D eigenvalue weighted by Gasteiger charge is 2.14. The van der Waals surface area contributed by atoms with Gasteiger partial charge in [0.15, 0.2) is 0 Å². The number of rotatable bonds is 34. The van der Waals surface area contributed by atoms with Crippen LogP contribution in [0.5, 0.6) is 0 Å². The SMILES string of the molecule is CCCCCCCOC(=O)CCCCCCCN(CCCCCCCC(=O)OC(CCCC)CCCCC)CCCNC(=O)OC. The van der Waals surface area contributed by atoms with Gasteiger partial charge >= 0.3 is 18.0 Å². The van der Waals surface area contributed by atoms with Crippen molar-refractivity contribution < 1.29 is 28.6 Å². The minimum absolute atomic E-state index is 0.0163.